The number of piperidine rings is 1. The van der Waals surface area contributed by atoms with Crippen LogP contribution in [0.5, 0.6) is 0 Å². The number of ether oxygens (including phenoxy) is 1. The normalized spacial score (nSPS) is 20.2. The lowest BCUT2D eigenvalue weighted by molar-refractivity contribution is -0.127. The average molecular weight is 409 g/mol. The molecule has 1 fully saturated rings. The molecule has 0 aliphatic carbocycles. The maximum absolute atomic E-state index is 12.9. The second-order valence-electron chi connectivity index (χ2n) is 6.14. The van der Waals surface area contributed by atoms with E-state index in [9.17, 15) is 13.2 Å². The van der Waals surface area contributed by atoms with Crippen molar-refractivity contribution in [3.63, 3.8) is 0 Å². The van der Waals surface area contributed by atoms with Gasteiger partial charge in [-0.05, 0) is 38.0 Å². The summed E-state index contributed by atoms with van der Waals surface area (Å²) < 4.78 is 32.1. The Kier molecular flexibility index (Phi) is 7.10. The van der Waals surface area contributed by atoms with E-state index in [0.717, 1.165) is 0 Å². The molecule has 2 atom stereocenters. The first kappa shape index (κ1) is 20.5. The van der Waals surface area contributed by atoms with E-state index in [-0.39, 0.29) is 28.4 Å². The highest BCUT2D eigenvalue weighted by molar-refractivity contribution is 7.89. The van der Waals surface area contributed by atoms with Crippen molar-refractivity contribution >= 4 is 39.1 Å². The van der Waals surface area contributed by atoms with Crippen LogP contribution in [-0.4, -0.2) is 51.5 Å². The van der Waals surface area contributed by atoms with E-state index in [1.165, 1.54) is 22.5 Å². The maximum atomic E-state index is 12.9. The molecule has 1 amide bonds. The summed E-state index contributed by atoms with van der Waals surface area (Å²) in [7, 11) is -2.25. The number of amides is 1. The third kappa shape index (κ3) is 5.08. The molecule has 0 spiro atoms. The molecule has 2 rings (SSSR count). The quantitative estimate of drug-likeness (QED) is 0.784. The number of carbonyl (C=O) groups excluding carboxylic acids is 1. The lowest BCUT2D eigenvalue weighted by atomic mass is 9.98. The van der Waals surface area contributed by atoms with Crippen LogP contribution in [0.2, 0.25) is 10.0 Å². The molecule has 1 saturated heterocycles. The fraction of sp³-hybridized carbons (Fsp3) is 0.562. The SMILES string of the molecule is COC[C@@H](C)NC(=O)[C@@H]1CCCN(S(=O)(=O)c2cc(Cl)ccc2Cl)C1. The van der Waals surface area contributed by atoms with Crippen molar-refractivity contribution in [1.29, 1.82) is 0 Å². The molecular formula is C16H22Cl2N2O4S. The lowest BCUT2D eigenvalue weighted by Gasteiger charge is -2.32. The monoisotopic (exact) mass is 408 g/mol. The minimum Gasteiger partial charge on any atom is -0.383 e. The molecule has 1 heterocycles. The lowest BCUT2D eigenvalue weighted by Crippen LogP contribution is -2.47. The maximum Gasteiger partial charge on any atom is 0.244 e. The predicted molar refractivity (Wildman–Crippen MR) is 97.4 cm³/mol. The molecule has 1 aliphatic rings. The predicted octanol–water partition coefficient (Wildman–Crippen LogP) is 2.55. The van der Waals surface area contributed by atoms with Crippen molar-refractivity contribution in [2.75, 3.05) is 26.8 Å². The Balaban J connectivity index is 2.14. The summed E-state index contributed by atoms with van der Waals surface area (Å²) in [5.74, 6) is -0.567. The molecule has 25 heavy (non-hydrogen) atoms. The highest BCUT2D eigenvalue weighted by atomic mass is 35.5. The summed E-state index contributed by atoms with van der Waals surface area (Å²) in [5.41, 5.74) is 0. The molecule has 0 bridgehead atoms. The zero-order chi connectivity index (χ0) is 18.6. The topological polar surface area (TPSA) is 75.7 Å². The molecule has 0 unspecified atom stereocenters. The van der Waals surface area contributed by atoms with Gasteiger partial charge < -0.3 is 10.1 Å². The third-order valence-corrected chi connectivity index (χ3v) is 6.65. The number of halogens is 2. The van der Waals surface area contributed by atoms with Crippen LogP contribution in [0, 0.1) is 5.92 Å². The van der Waals surface area contributed by atoms with E-state index >= 15 is 0 Å². The fourth-order valence-corrected chi connectivity index (χ4v) is 5.10. The molecule has 1 aliphatic heterocycles. The van der Waals surface area contributed by atoms with Gasteiger partial charge in [0.05, 0.1) is 17.5 Å². The second-order valence-corrected chi connectivity index (χ2v) is 8.89. The molecule has 6 nitrogen and oxygen atoms in total. The summed E-state index contributed by atoms with van der Waals surface area (Å²) in [6.45, 7) is 2.71. The molecule has 0 aromatic heterocycles. The average Bonchev–Trinajstić information content (AvgIpc) is 2.57. The van der Waals surface area contributed by atoms with Gasteiger partial charge in [-0.2, -0.15) is 4.31 Å². The third-order valence-electron chi connectivity index (χ3n) is 4.07. The second kappa shape index (κ2) is 8.68. The molecule has 140 valence electrons. The zero-order valence-electron chi connectivity index (χ0n) is 14.2. The first-order valence-corrected chi connectivity index (χ1v) is 10.2. The van der Waals surface area contributed by atoms with E-state index < -0.39 is 15.9 Å². The van der Waals surface area contributed by atoms with Crippen molar-refractivity contribution < 1.29 is 17.9 Å². The van der Waals surface area contributed by atoms with Crippen molar-refractivity contribution in [3.05, 3.63) is 28.2 Å². The van der Waals surface area contributed by atoms with E-state index in [2.05, 4.69) is 5.32 Å². The van der Waals surface area contributed by atoms with Gasteiger partial charge in [0.1, 0.15) is 4.90 Å². The number of sulfonamides is 1. The van der Waals surface area contributed by atoms with Crippen LogP contribution in [0.25, 0.3) is 0 Å². The van der Waals surface area contributed by atoms with Gasteiger partial charge in [-0.15, -0.1) is 0 Å². The van der Waals surface area contributed by atoms with Gasteiger partial charge in [0.25, 0.3) is 0 Å². The highest BCUT2D eigenvalue weighted by Gasteiger charge is 2.34. The van der Waals surface area contributed by atoms with Gasteiger partial charge in [0.15, 0.2) is 0 Å². The van der Waals surface area contributed by atoms with Crippen LogP contribution in [0.3, 0.4) is 0 Å². The number of carbonyl (C=O) groups is 1. The largest absolute Gasteiger partial charge is 0.383 e. The molecule has 1 aromatic rings. The number of methoxy groups -OCH3 is 1. The Morgan fingerprint density at radius 3 is 2.84 bits per heavy atom. The molecule has 9 heteroatoms. The summed E-state index contributed by atoms with van der Waals surface area (Å²) >= 11 is 12.0. The number of nitrogens with zero attached hydrogens (tertiary/aromatic N) is 1. The Bertz CT molecular complexity index is 727. The molecule has 1 aromatic carbocycles. The van der Waals surface area contributed by atoms with E-state index in [1.807, 2.05) is 6.92 Å². The van der Waals surface area contributed by atoms with Crippen LogP contribution < -0.4 is 5.32 Å². The van der Waals surface area contributed by atoms with Gasteiger partial charge in [0.2, 0.25) is 15.9 Å². The number of benzene rings is 1. The Morgan fingerprint density at radius 2 is 2.16 bits per heavy atom. The van der Waals surface area contributed by atoms with Gasteiger partial charge in [-0.3, -0.25) is 4.79 Å². The summed E-state index contributed by atoms with van der Waals surface area (Å²) in [6.07, 6.45) is 1.25. The minimum atomic E-state index is -3.81. The van der Waals surface area contributed by atoms with Crippen molar-refractivity contribution in [2.45, 2.75) is 30.7 Å². The smallest absolute Gasteiger partial charge is 0.244 e. The Labute approximate surface area is 158 Å². The highest BCUT2D eigenvalue weighted by Crippen LogP contribution is 2.30. The first-order valence-electron chi connectivity index (χ1n) is 8.00. The van der Waals surface area contributed by atoms with Crippen molar-refractivity contribution in [1.82, 2.24) is 9.62 Å². The van der Waals surface area contributed by atoms with E-state index in [1.54, 1.807) is 7.11 Å². The van der Waals surface area contributed by atoms with Crippen LogP contribution >= 0.6 is 23.2 Å². The fourth-order valence-electron chi connectivity index (χ4n) is 2.84. The molecule has 1 N–H and O–H groups in total. The van der Waals surface area contributed by atoms with Crippen LogP contribution in [-0.2, 0) is 19.6 Å². The Morgan fingerprint density at radius 1 is 1.44 bits per heavy atom. The number of rotatable bonds is 6. The minimum absolute atomic E-state index is 0.0320. The van der Waals surface area contributed by atoms with E-state index in [4.69, 9.17) is 27.9 Å². The zero-order valence-corrected chi connectivity index (χ0v) is 16.5. The first-order chi connectivity index (χ1) is 11.8. The van der Waals surface area contributed by atoms with Crippen LogP contribution in [0.4, 0.5) is 0 Å². The number of hydrogen-bond donors (Lipinski definition) is 1. The van der Waals surface area contributed by atoms with Gasteiger partial charge in [-0.1, -0.05) is 23.2 Å². The summed E-state index contributed by atoms with van der Waals surface area (Å²) in [5, 5.41) is 3.26. The summed E-state index contributed by atoms with van der Waals surface area (Å²) in [6, 6.07) is 4.19. The Hall–Kier alpha value is -0.860. The van der Waals surface area contributed by atoms with Crippen molar-refractivity contribution in [2.24, 2.45) is 5.92 Å². The van der Waals surface area contributed by atoms with Gasteiger partial charge in [-0.25, -0.2) is 8.42 Å². The molecule has 0 saturated carbocycles. The number of nitrogens with one attached hydrogen (secondary N) is 1. The molecule has 0 radical (unpaired) electrons. The standard InChI is InChI=1S/C16H22Cl2N2O4S/c1-11(10-24-2)19-16(21)12-4-3-7-20(9-12)25(22,23)15-8-13(17)5-6-14(15)18/h5-6,8,11-12H,3-4,7,9-10H2,1-2H3,(H,19,21)/t11-,12-/m1/s1. The summed E-state index contributed by atoms with van der Waals surface area (Å²) in [4.78, 5) is 12.3. The van der Waals surface area contributed by atoms with Crippen LogP contribution in [0.1, 0.15) is 19.8 Å². The van der Waals surface area contributed by atoms with Gasteiger partial charge >= 0.3 is 0 Å². The van der Waals surface area contributed by atoms with Crippen LogP contribution in [0.15, 0.2) is 23.1 Å². The number of hydrogen-bond acceptors (Lipinski definition) is 4. The van der Waals surface area contributed by atoms with E-state index in [0.29, 0.717) is 31.0 Å². The molecular weight excluding hydrogens is 387 g/mol. The van der Waals surface area contributed by atoms with Crippen molar-refractivity contribution in [3.8, 4) is 0 Å². The van der Waals surface area contributed by atoms with Gasteiger partial charge in [0, 0.05) is 31.3 Å².